The number of rotatable bonds is 4. The molecule has 0 spiro atoms. The molecule has 1 amide bonds. The van der Waals surface area contributed by atoms with E-state index in [9.17, 15) is 9.18 Å². The summed E-state index contributed by atoms with van der Waals surface area (Å²) >= 11 is 1.50. The molecule has 3 rings (SSSR count). The number of benzene rings is 1. The Kier molecular flexibility index (Phi) is 4.31. The molecule has 23 heavy (non-hydrogen) atoms. The number of carbonyl (C=O) groups is 1. The molecular formula is C18H17FN2OS. The third kappa shape index (κ3) is 3.20. The van der Waals surface area contributed by atoms with Crippen molar-refractivity contribution >= 4 is 22.7 Å². The van der Waals surface area contributed by atoms with Gasteiger partial charge in [0.25, 0.3) is 5.91 Å². The van der Waals surface area contributed by atoms with Crippen molar-refractivity contribution in [3.63, 3.8) is 0 Å². The normalized spacial score (nSPS) is 22.0. The molecule has 1 aromatic carbocycles. The second-order valence-electron chi connectivity index (χ2n) is 5.84. The minimum absolute atomic E-state index is 0.130. The standard InChI is InChI=1S/C18H17FN2OS/c1-12(13-3-5-15(19)6-4-13)11-16-21-17(22)18(2,23-16)14-7-9-20-10-8-14/h3-10,12H,11H2,1-2H3/t12-,18?/m1/s1. The van der Waals surface area contributed by atoms with Gasteiger partial charge in [0, 0.05) is 18.8 Å². The van der Waals surface area contributed by atoms with Crippen LogP contribution < -0.4 is 0 Å². The van der Waals surface area contributed by atoms with Crippen molar-refractivity contribution < 1.29 is 9.18 Å². The Morgan fingerprint density at radius 2 is 1.83 bits per heavy atom. The zero-order valence-electron chi connectivity index (χ0n) is 13.0. The molecule has 2 heterocycles. The third-order valence-electron chi connectivity index (χ3n) is 4.11. The Hall–Kier alpha value is -2.01. The predicted molar refractivity (Wildman–Crippen MR) is 91.1 cm³/mol. The van der Waals surface area contributed by atoms with Gasteiger partial charge in [0.1, 0.15) is 10.6 Å². The molecule has 3 nitrogen and oxygen atoms in total. The zero-order chi connectivity index (χ0) is 16.4. The van der Waals surface area contributed by atoms with E-state index in [0.717, 1.165) is 16.2 Å². The molecule has 1 unspecified atom stereocenters. The van der Waals surface area contributed by atoms with E-state index in [-0.39, 0.29) is 17.6 Å². The number of thioether (sulfide) groups is 1. The number of nitrogens with zero attached hydrogens (tertiary/aromatic N) is 2. The lowest BCUT2D eigenvalue weighted by molar-refractivity contribution is -0.119. The van der Waals surface area contributed by atoms with E-state index in [1.165, 1.54) is 23.9 Å². The fraction of sp³-hybridized carbons (Fsp3) is 0.278. The topological polar surface area (TPSA) is 42.3 Å². The smallest absolute Gasteiger partial charge is 0.267 e. The van der Waals surface area contributed by atoms with Crippen LogP contribution in [0.3, 0.4) is 0 Å². The number of hydrogen-bond donors (Lipinski definition) is 0. The first-order chi connectivity index (χ1) is 11.0. The predicted octanol–water partition coefficient (Wildman–Crippen LogP) is 4.30. The molecule has 1 aliphatic heterocycles. The largest absolute Gasteiger partial charge is 0.271 e. The van der Waals surface area contributed by atoms with Crippen molar-refractivity contribution in [1.29, 1.82) is 0 Å². The average molecular weight is 328 g/mol. The van der Waals surface area contributed by atoms with Crippen molar-refractivity contribution in [3.05, 3.63) is 65.7 Å². The number of aromatic nitrogens is 1. The lowest BCUT2D eigenvalue weighted by atomic mass is 9.98. The quantitative estimate of drug-likeness (QED) is 0.840. The van der Waals surface area contributed by atoms with E-state index in [4.69, 9.17) is 0 Å². The van der Waals surface area contributed by atoms with Crippen LogP contribution in [0, 0.1) is 5.82 Å². The lowest BCUT2D eigenvalue weighted by Crippen LogP contribution is -2.24. The highest BCUT2D eigenvalue weighted by Crippen LogP contribution is 2.44. The molecule has 2 aromatic rings. The number of aliphatic imine (C=N–C) groups is 1. The molecule has 0 saturated carbocycles. The van der Waals surface area contributed by atoms with Crippen LogP contribution >= 0.6 is 11.8 Å². The van der Waals surface area contributed by atoms with Crippen LogP contribution in [0.5, 0.6) is 0 Å². The van der Waals surface area contributed by atoms with Crippen LogP contribution in [-0.4, -0.2) is 15.9 Å². The fourth-order valence-electron chi connectivity index (χ4n) is 2.63. The van der Waals surface area contributed by atoms with Gasteiger partial charge in [-0.05, 0) is 48.2 Å². The molecule has 0 aliphatic carbocycles. The number of hydrogen-bond acceptors (Lipinski definition) is 3. The van der Waals surface area contributed by atoms with Crippen molar-refractivity contribution in [2.24, 2.45) is 4.99 Å². The van der Waals surface area contributed by atoms with Crippen LogP contribution in [0.25, 0.3) is 0 Å². The Bertz CT molecular complexity index is 745. The van der Waals surface area contributed by atoms with Crippen molar-refractivity contribution in [2.45, 2.75) is 30.9 Å². The summed E-state index contributed by atoms with van der Waals surface area (Å²) in [4.78, 5) is 20.6. The van der Waals surface area contributed by atoms with Crippen molar-refractivity contribution in [2.75, 3.05) is 0 Å². The summed E-state index contributed by atoms with van der Waals surface area (Å²) in [6, 6.07) is 10.2. The third-order valence-corrected chi connectivity index (χ3v) is 5.42. The zero-order valence-corrected chi connectivity index (χ0v) is 13.8. The van der Waals surface area contributed by atoms with Crippen LogP contribution in [0.1, 0.15) is 37.3 Å². The highest BCUT2D eigenvalue weighted by Gasteiger charge is 2.42. The molecule has 0 fully saturated rings. The second-order valence-corrected chi connectivity index (χ2v) is 7.33. The van der Waals surface area contributed by atoms with Gasteiger partial charge < -0.3 is 0 Å². The van der Waals surface area contributed by atoms with Crippen LogP contribution in [0.4, 0.5) is 4.39 Å². The summed E-state index contributed by atoms with van der Waals surface area (Å²) in [6.07, 6.45) is 4.05. The summed E-state index contributed by atoms with van der Waals surface area (Å²) in [5, 5.41) is 0.825. The monoisotopic (exact) mass is 328 g/mol. The average Bonchev–Trinajstić information content (AvgIpc) is 2.84. The van der Waals surface area contributed by atoms with E-state index in [2.05, 4.69) is 16.9 Å². The summed E-state index contributed by atoms with van der Waals surface area (Å²) in [6.45, 7) is 3.96. The minimum atomic E-state index is -0.680. The molecular weight excluding hydrogens is 311 g/mol. The number of carbonyl (C=O) groups excluding carboxylic acids is 1. The van der Waals surface area contributed by atoms with Gasteiger partial charge in [-0.3, -0.25) is 9.78 Å². The van der Waals surface area contributed by atoms with Gasteiger partial charge >= 0.3 is 0 Å². The maximum atomic E-state index is 13.0. The van der Waals surface area contributed by atoms with Gasteiger partial charge in [-0.25, -0.2) is 9.38 Å². The molecule has 1 aliphatic rings. The van der Waals surface area contributed by atoms with E-state index < -0.39 is 4.75 Å². The van der Waals surface area contributed by atoms with E-state index in [1.807, 2.05) is 19.1 Å². The molecule has 118 valence electrons. The summed E-state index contributed by atoms with van der Waals surface area (Å²) in [7, 11) is 0. The van der Waals surface area contributed by atoms with E-state index in [0.29, 0.717) is 6.42 Å². The van der Waals surface area contributed by atoms with Gasteiger partial charge in [-0.15, -0.1) is 0 Å². The molecule has 0 radical (unpaired) electrons. The highest BCUT2D eigenvalue weighted by atomic mass is 32.2. The maximum Gasteiger partial charge on any atom is 0.267 e. The Labute approximate surface area is 139 Å². The highest BCUT2D eigenvalue weighted by molar-refractivity contribution is 8.15. The van der Waals surface area contributed by atoms with Gasteiger partial charge in [-0.2, -0.15) is 0 Å². The summed E-state index contributed by atoms with van der Waals surface area (Å²) < 4.78 is 12.3. The van der Waals surface area contributed by atoms with Crippen LogP contribution in [0.15, 0.2) is 53.8 Å². The van der Waals surface area contributed by atoms with E-state index in [1.54, 1.807) is 24.5 Å². The molecule has 5 heteroatoms. The van der Waals surface area contributed by atoms with Gasteiger partial charge in [0.15, 0.2) is 0 Å². The van der Waals surface area contributed by atoms with Gasteiger partial charge in [0.05, 0.1) is 5.04 Å². The Balaban J connectivity index is 1.74. The van der Waals surface area contributed by atoms with Gasteiger partial charge in [-0.1, -0.05) is 30.8 Å². The molecule has 2 atom stereocenters. The number of amides is 1. The van der Waals surface area contributed by atoms with Crippen molar-refractivity contribution in [1.82, 2.24) is 4.98 Å². The van der Waals surface area contributed by atoms with Crippen molar-refractivity contribution in [3.8, 4) is 0 Å². The summed E-state index contributed by atoms with van der Waals surface area (Å²) in [5.41, 5.74) is 1.95. The van der Waals surface area contributed by atoms with Gasteiger partial charge in [0.2, 0.25) is 0 Å². The first-order valence-electron chi connectivity index (χ1n) is 7.46. The van der Waals surface area contributed by atoms with Crippen LogP contribution in [0.2, 0.25) is 0 Å². The molecule has 0 saturated heterocycles. The Morgan fingerprint density at radius 1 is 1.17 bits per heavy atom. The Morgan fingerprint density at radius 3 is 2.48 bits per heavy atom. The minimum Gasteiger partial charge on any atom is -0.271 e. The SMILES string of the molecule is C[C@H](CC1=NC(=O)C(C)(c2ccncc2)S1)c1ccc(F)cc1. The van der Waals surface area contributed by atoms with Crippen LogP contribution in [-0.2, 0) is 9.54 Å². The number of halogens is 1. The molecule has 1 aromatic heterocycles. The first kappa shape index (κ1) is 15.9. The second kappa shape index (κ2) is 6.24. The first-order valence-corrected chi connectivity index (χ1v) is 8.27. The maximum absolute atomic E-state index is 13.0. The van der Waals surface area contributed by atoms with E-state index >= 15 is 0 Å². The fourth-order valence-corrected chi connectivity index (χ4v) is 3.95. The molecule has 0 N–H and O–H groups in total. The number of pyridine rings is 1. The summed E-state index contributed by atoms with van der Waals surface area (Å²) in [5.74, 6) is -0.196. The lowest BCUT2D eigenvalue weighted by Gasteiger charge is -2.20. The molecule has 0 bridgehead atoms.